The first-order valence-corrected chi connectivity index (χ1v) is 4.47. The first-order chi connectivity index (χ1) is 6.49. The summed E-state index contributed by atoms with van der Waals surface area (Å²) in [5, 5.41) is 0. The third-order valence-electron chi connectivity index (χ3n) is 1.45. The van der Waals surface area contributed by atoms with E-state index < -0.39 is 0 Å². The molecule has 0 atom stereocenters. The summed E-state index contributed by atoms with van der Waals surface area (Å²) in [6, 6.07) is 5.21. The second-order valence-electron chi connectivity index (χ2n) is 4.04. The van der Waals surface area contributed by atoms with Gasteiger partial charge in [-0.15, -0.1) is 0 Å². The molecule has 0 aliphatic carbocycles. The Morgan fingerprint density at radius 2 is 2.07 bits per heavy atom. The Bertz CT molecular complexity index is 303. The molecule has 0 radical (unpaired) electrons. The highest BCUT2D eigenvalue weighted by Crippen LogP contribution is 1.97. The number of nitrogens with one attached hydrogen (secondary N) is 2. The maximum atomic E-state index is 11.5. The summed E-state index contributed by atoms with van der Waals surface area (Å²) in [6.45, 7) is 5.89. The van der Waals surface area contributed by atoms with Gasteiger partial charge in [-0.1, -0.05) is 6.07 Å². The molecule has 0 fully saturated rings. The minimum absolute atomic E-state index is 0.148. The van der Waals surface area contributed by atoms with Gasteiger partial charge in [-0.25, -0.2) is 5.43 Å². The van der Waals surface area contributed by atoms with Crippen LogP contribution >= 0.6 is 0 Å². The van der Waals surface area contributed by atoms with E-state index in [1.807, 2.05) is 20.8 Å². The second-order valence-corrected chi connectivity index (χ2v) is 4.04. The molecule has 1 amide bonds. The molecular formula is C10H15N3O. The van der Waals surface area contributed by atoms with E-state index in [1.165, 1.54) is 0 Å². The molecule has 0 aliphatic heterocycles. The zero-order valence-corrected chi connectivity index (χ0v) is 8.66. The van der Waals surface area contributed by atoms with Gasteiger partial charge in [0, 0.05) is 11.7 Å². The quantitative estimate of drug-likeness (QED) is 0.692. The van der Waals surface area contributed by atoms with Crippen LogP contribution in [0, 0.1) is 0 Å². The van der Waals surface area contributed by atoms with Crippen LogP contribution in [0.15, 0.2) is 24.4 Å². The number of hydrogen-bond acceptors (Lipinski definition) is 3. The lowest BCUT2D eigenvalue weighted by Gasteiger charge is -2.20. The van der Waals surface area contributed by atoms with Crippen molar-refractivity contribution in [2.45, 2.75) is 26.3 Å². The molecule has 0 unspecified atom stereocenters. The Hall–Kier alpha value is -1.42. The number of aromatic nitrogens is 1. The lowest BCUT2D eigenvalue weighted by Crippen LogP contribution is -2.48. The molecule has 0 aliphatic rings. The zero-order chi connectivity index (χ0) is 10.6. The number of nitrogens with zero attached hydrogens (tertiary/aromatic N) is 1. The van der Waals surface area contributed by atoms with Gasteiger partial charge in [0.2, 0.25) is 0 Å². The molecule has 1 heterocycles. The summed E-state index contributed by atoms with van der Waals surface area (Å²) in [6.07, 6.45) is 1.59. The Morgan fingerprint density at radius 1 is 1.36 bits per heavy atom. The van der Waals surface area contributed by atoms with E-state index in [1.54, 1.807) is 24.4 Å². The number of carbonyl (C=O) groups excluding carboxylic acids is 1. The monoisotopic (exact) mass is 193 g/mol. The van der Waals surface area contributed by atoms with Crippen molar-refractivity contribution in [2.75, 3.05) is 0 Å². The van der Waals surface area contributed by atoms with Gasteiger partial charge in [0.05, 0.1) is 0 Å². The molecule has 0 bridgehead atoms. The summed E-state index contributed by atoms with van der Waals surface area (Å²) in [7, 11) is 0. The van der Waals surface area contributed by atoms with Crippen molar-refractivity contribution in [3.05, 3.63) is 30.1 Å². The van der Waals surface area contributed by atoms with Crippen LogP contribution in [0.25, 0.3) is 0 Å². The summed E-state index contributed by atoms with van der Waals surface area (Å²) in [5.41, 5.74) is 5.73. The van der Waals surface area contributed by atoms with Crippen molar-refractivity contribution >= 4 is 5.91 Å². The van der Waals surface area contributed by atoms with Gasteiger partial charge in [0.25, 0.3) is 5.91 Å². The van der Waals surface area contributed by atoms with Crippen molar-refractivity contribution in [3.63, 3.8) is 0 Å². The third-order valence-corrected chi connectivity index (χ3v) is 1.45. The van der Waals surface area contributed by atoms with Gasteiger partial charge >= 0.3 is 0 Å². The molecule has 1 aromatic heterocycles. The molecule has 14 heavy (non-hydrogen) atoms. The highest BCUT2D eigenvalue weighted by atomic mass is 16.2. The van der Waals surface area contributed by atoms with Crippen molar-refractivity contribution in [1.29, 1.82) is 0 Å². The van der Waals surface area contributed by atoms with Crippen LogP contribution in [0.2, 0.25) is 0 Å². The molecule has 4 heteroatoms. The highest BCUT2D eigenvalue weighted by molar-refractivity contribution is 5.91. The van der Waals surface area contributed by atoms with Crippen LogP contribution in [0.1, 0.15) is 31.3 Å². The minimum Gasteiger partial charge on any atom is -0.286 e. The van der Waals surface area contributed by atoms with E-state index in [-0.39, 0.29) is 11.4 Å². The van der Waals surface area contributed by atoms with Gasteiger partial charge in [-0.2, -0.15) is 0 Å². The van der Waals surface area contributed by atoms with E-state index in [0.29, 0.717) is 5.69 Å². The fourth-order valence-electron chi connectivity index (χ4n) is 0.805. The molecule has 2 N–H and O–H groups in total. The summed E-state index contributed by atoms with van der Waals surface area (Å²) in [5.74, 6) is -0.222. The SMILES string of the molecule is CC(C)(C)NNC(=O)c1ccccn1. The molecule has 1 rings (SSSR count). The number of hydrazine groups is 1. The third kappa shape index (κ3) is 3.53. The zero-order valence-electron chi connectivity index (χ0n) is 8.66. The van der Waals surface area contributed by atoms with Gasteiger partial charge in [0.1, 0.15) is 5.69 Å². The van der Waals surface area contributed by atoms with E-state index in [0.717, 1.165) is 0 Å². The van der Waals surface area contributed by atoms with Crippen LogP contribution < -0.4 is 10.9 Å². The number of amides is 1. The summed E-state index contributed by atoms with van der Waals surface area (Å²) >= 11 is 0. The first-order valence-electron chi connectivity index (χ1n) is 4.47. The fraction of sp³-hybridized carbons (Fsp3) is 0.400. The molecule has 0 spiro atoms. The predicted octanol–water partition coefficient (Wildman–Crippen LogP) is 1.11. The van der Waals surface area contributed by atoms with Crippen LogP contribution in [-0.2, 0) is 0 Å². The summed E-state index contributed by atoms with van der Waals surface area (Å²) < 4.78 is 0. The molecule has 0 saturated heterocycles. The van der Waals surface area contributed by atoms with Crippen molar-refractivity contribution in [2.24, 2.45) is 0 Å². The first kappa shape index (κ1) is 10.7. The average molecular weight is 193 g/mol. The maximum Gasteiger partial charge on any atom is 0.283 e. The van der Waals surface area contributed by atoms with Crippen molar-refractivity contribution < 1.29 is 4.79 Å². The minimum atomic E-state index is -0.222. The van der Waals surface area contributed by atoms with E-state index in [4.69, 9.17) is 0 Å². The lowest BCUT2D eigenvalue weighted by molar-refractivity contribution is 0.0909. The average Bonchev–Trinajstić information content (AvgIpc) is 2.14. The molecule has 1 aromatic rings. The van der Waals surface area contributed by atoms with Crippen LogP contribution in [0.3, 0.4) is 0 Å². The maximum absolute atomic E-state index is 11.5. The largest absolute Gasteiger partial charge is 0.286 e. The van der Waals surface area contributed by atoms with Crippen LogP contribution in [0.4, 0.5) is 0 Å². The Balaban J connectivity index is 2.52. The predicted molar refractivity (Wildman–Crippen MR) is 54.6 cm³/mol. The van der Waals surface area contributed by atoms with Crippen LogP contribution in [0.5, 0.6) is 0 Å². The number of rotatable bonds is 2. The molecular weight excluding hydrogens is 178 g/mol. The topological polar surface area (TPSA) is 54.0 Å². The Kier molecular flexibility index (Phi) is 3.19. The number of hydrogen-bond donors (Lipinski definition) is 2. The molecule has 0 aromatic carbocycles. The van der Waals surface area contributed by atoms with Gasteiger partial charge in [-0.3, -0.25) is 15.2 Å². The van der Waals surface area contributed by atoms with Crippen molar-refractivity contribution in [1.82, 2.24) is 15.8 Å². The van der Waals surface area contributed by atoms with Crippen molar-refractivity contribution in [3.8, 4) is 0 Å². The molecule has 76 valence electrons. The summed E-state index contributed by atoms with van der Waals surface area (Å²) in [4.78, 5) is 15.4. The highest BCUT2D eigenvalue weighted by Gasteiger charge is 2.11. The smallest absolute Gasteiger partial charge is 0.283 e. The number of pyridine rings is 1. The Morgan fingerprint density at radius 3 is 2.57 bits per heavy atom. The van der Waals surface area contributed by atoms with Gasteiger partial charge < -0.3 is 0 Å². The normalized spacial score (nSPS) is 11.1. The van der Waals surface area contributed by atoms with E-state index >= 15 is 0 Å². The second kappa shape index (κ2) is 4.19. The standard InChI is InChI=1S/C10H15N3O/c1-10(2,3)13-12-9(14)8-6-4-5-7-11-8/h4-7,13H,1-3H3,(H,12,14). The van der Waals surface area contributed by atoms with E-state index in [9.17, 15) is 4.79 Å². The van der Waals surface area contributed by atoms with Crippen LogP contribution in [-0.4, -0.2) is 16.4 Å². The van der Waals surface area contributed by atoms with Gasteiger partial charge in [-0.05, 0) is 32.9 Å². The van der Waals surface area contributed by atoms with Gasteiger partial charge in [0.15, 0.2) is 0 Å². The molecule has 4 nitrogen and oxygen atoms in total. The lowest BCUT2D eigenvalue weighted by atomic mass is 10.1. The number of carbonyl (C=O) groups is 1. The fourth-order valence-corrected chi connectivity index (χ4v) is 0.805. The van der Waals surface area contributed by atoms with E-state index in [2.05, 4.69) is 15.8 Å². The Labute approximate surface area is 83.7 Å². The molecule has 0 saturated carbocycles.